The molecule has 1 aromatic carbocycles. The van der Waals surface area contributed by atoms with Crippen molar-refractivity contribution in [2.75, 3.05) is 13.2 Å². The lowest BCUT2D eigenvalue weighted by Crippen LogP contribution is -2.34. The molecule has 4 nitrogen and oxygen atoms in total. The van der Waals surface area contributed by atoms with Gasteiger partial charge in [-0.25, -0.2) is 0 Å². The number of hydrogen-bond acceptors (Lipinski definition) is 3. The smallest absolute Gasteiger partial charge is 0.251 e. The van der Waals surface area contributed by atoms with E-state index in [0.717, 1.165) is 0 Å². The molecule has 6 heteroatoms. The van der Waals surface area contributed by atoms with Gasteiger partial charge in [-0.2, -0.15) is 0 Å². The van der Waals surface area contributed by atoms with Crippen molar-refractivity contribution < 1.29 is 14.3 Å². The van der Waals surface area contributed by atoms with Crippen molar-refractivity contribution in [1.29, 1.82) is 0 Å². The van der Waals surface area contributed by atoms with Gasteiger partial charge in [0, 0.05) is 22.2 Å². The van der Waals surface area contributed by atoms with E-state index in [1.54, 1.807) is 18.2 Å². The van der Waals surface area contributed by atoms with Gasteiger partial charge in [0.05, 0.1) is 6.61 Å². The van der Waals surface area contributed by atoms with Crippen molar-refractivity contribution in [2.24, 2.45) is 0 Å². The maximum absolute atomic E-state index is 11.9. The van der Waals surface area contributed by atoms with Crippen molar-refractivity contribution in [1.82, 2.24) is 5.32 Å². The molecule has 1 heterocycles. The van der Waals surface area contributed by atoms with Crippen molar-refractivity contribution in [2.45, 2.75) is 25.7 Å². The molecule has 19 heavy (non-hydrogen) atoms. The highest BCUT2D eigenvalue weighted by atomic mass is 35.5. The summed E-state index contributed by atoms with van der Waals surface area (Å²) in [5, 5.41) is 3.63. The molecule has 0 aliphatic carbocycles. The van der Waals surface area contributed by atoms with E-state index in [4.69, 9.17) is 32.7 Å². The van der Waals surface area contributed by atoms with Gasteiger partial charge in [0.15, 0.2) is 5.79 Å². The summed E-state index contributed by atoms with van der Waals surface area (Å²) in [5.74, 6) is -0.827. The second-order valence-electron chi connectivity index (χ2n) is 4.82. The summed E-state index contributed by atoms with van der Waals surface area (Å²) in [6, 6.07) is 4.72. The average molecular weight is 304 g/mol. The van der Waals surface area contributed by atoms with E-state index < -0.39 is 5.79 Å². The first kappa shape index (κ1) is 14.6. The van der Waals surface area contributed by atoms with Gasteiger partial charge in [0.2, 0.25) is 0 Å². The lowest BCUT2D eigenvalue weighted by atomic mass is 10.2. The molecule has 1 amide bonds. The summed E-state index contributed by atoms with van der Waals surface area (Å²) in [7, 11) is 0. The van der Waals surface area contributed by atoms with E-state index in [-0.39, 0.29) is 12.0 Å². The van der Waals surface area contributed by atoms with E-state index >= 15 is 0 Å². The number of carbonyl (C=O) groups excluding carboxylic acids is 1. The first-order chi connectivity index (χ1) is 8.85. The maximum atomic E-state index is 11.9. The molecule has 0 radical (unpaired) electrons. The van der Waals surface area contributed by atoms with Gasteiger partial charge in [-0.1, -0.05) is 23.2 Å². The Kier molecular flexibility index (Phi) is 4.36. The second-order valence-corrected chi connectivity index (χ2v) is 5.69. The van der Waals surface area contributed by atoms with Crippen LogP contribution < -0.4 is 5.32 Å². The molecule has 1 aliphatic rings. The number of hydrogen-bond donors (Lipinski definition) is 1. The number of nitrogens with one attached hydrogen (secondary N) is 1. The Morgan fingerprint density at radius 1 is 1.37 bits per heavy atom. The van der Waals surface area contributed by atoms with Crippen LogP contribution in [0.3, 0.4) is 0 Å². The molecule has 0 bridgehead atoms. The van der Waals surface area contributed by atoms with Gasteiger partial charge in [0.1, 0.15) is 6.10 Å². The lowest BCUT2D eigenvalue weighted by molar-refractivity contribution is -0.137. The number of amides is 1. The zero-order chi connectivity index (χ0) is 14.0. The average Bonchev–Trinajstić information content (AvgIpc) is 2.64. The van der Waals surface area contributed by atoms with Gasteiger partial charge < -0.3 is 14.8 Å². The van der Waals surface area contributed by atoms with Gasteiger partial charge in [-0.3, -0.25) is 4.79 Å². The summed E-state index contributed by atoms with van der Waals surface area (Å²) in [4.78, 5) is 11.9. The standard InChI is InChI=1S/C13H15Cl2NO3/c1-13(2)18-7-11(19-13)6-16-12(17)8-3-9(14)5-10(15)4-8/h3-5,11H,6-7H2,1-2H3,(H,16,17). The molecular formula is C13H15Cl2NO3. The van der Waals surface area contributed by atoms with E-state index in [0.29, 0.717) is 28.8 Å². The van der Waals surface area contributed by atoms with Gasteiger partial charge in [0.25, 0.3) is 5.91 Å². The molecule has 0 aromatic heterocycles. The first-order valence-corrected chi connectivity index (χ1v) is 6.67. The summed E-state index contributed by atoms with van der Waals surface area (Å²) in [6.45, 7) is 4.52. The topological polar surface area (TPSA) is 47.6 Å². The van der Waals surface area contributed by atoms with E-state index in [9.17, 15) is 4.79 Å². The summed E-state index contributed by atoms with van der Waals surface area (Å²) >= 11 is 11.7. The predicted octanol–water partition coefficient (Wildman–Crippen LogP) is 2.87. The van der Waals surface area contributed by atoms with Crippen LogP contribution in [0.5, 0.6) is 0 Å². The third kappa shape index (κ3) is 4.08. The number of rotatable bonds is 3. The zero-order valence-electron chi connectivity index (χ0n) is 10.7. The minimum Gasteiger partial charge on any atom is -0.349 e. The maximum Gasteiger partial charge on any atom is 0.251 e. The molecule has 1 unspecified atom stereocenters. The quantitative estimate of drug-likeness (QED) is 0.934. The van der Waals surface area contributed by atoms with Crippen LogP contribution in [0.15, 0.2) is 18.2 Å². The molecule has 1 fully saturated rings. The van der Waals surface area contributed by atoms with Crippen molar-refractivity contribution in [3.8, 4) is 0 Å². The SMILES string of the molecule is CC1(C)OCC(CNC(=O)c2cc(Cl)cc(Cl)c2)O1. The van der Waals surface area contributed by atoms with Crippen LogP contribution in [0.4, 0.5) is 0 Å². The molecule has 0 spiro atoms. The Morgan fingerprint density at radius 3 is 2.53 bits per heavy atom. The van der Waals surface area contributed by atoms with Gasteiger partial charge >= 0.3 is 0 Å². The highest BCUT2D eigenvalue weighted by Crippen LogP contribution is 2.22. The van der Waals surface area contributed by atoms with E-state index in [1.165, 1.54) is 0 Å². The Morgan fingerprint density at radius 2 is 2.00 bits per heavy atom. The Balaban J connectivity index is 1.91. The van der Waals surface area contributed by atoms with Gasteiger partial charge in [-0.15, -0.1) is 0 Å². The first-order valence-electron chi connectivity index (χ1n) is 5.92. The molecule has 1 N–H and O–H groups in total. The fourth-order valence-corrected chi connectivity index (χ4v) is 2.38. The van der Waals surface area contributed by atoms with Crippen LogP contribution in [0, 0.1) is 0 Å². The summed E-state index contributed by atoms with van der Waals surface area (Å²) < 4.78 is 11.0. The summed E-state index contributed by atoms with van der Waals surface area (Å²) in [6.07, 6.45) is -0.145. The summed E-state index contributed by atoms with van der Waals surface area (Å²) in [5.41, 5.74) is 0.427. The van der Waals surface area contributed by atoms with Crippen molar-refractivity contribution in [3.63, 3.8) is 0 Å². The predicted molar refractivity (Wildman–Crippen MR) is 73.7 cm³/mol. The largest absolute Gasteiger partial charge is 0.349 e. The Hall–Kier alpha value is -0.810. The van der Waals surface area contributed by atoms with Crippen molar-refractivity contribution in [3.05, 3.63) is 33.8 Å². The molecule has 2 rings (SSSR count). The van der Waals surface area contributed by atoms with Crippen LogP contribution >= 0.6 is 23.2 Å². The monoisotopic (exact) mass is 303 g/mol. The fourth-order valence-electron chi connectivity index (χ4n) is 1.86. The van der Waals surface area contributed by atoms with E-state index in [2.05, 4.69) is 5.32 Å². The Labute approximate surface area is 122 Å². The normalized spacial score (nSPS) is 21.4. The van der Waals surface area contributed by atoms with Crippen LogP contribution in [0.25, 0.3) is 0 Å². The number of ether oxygens (including phenoxy) is 2. The number of carbonyl (C=O) groups is 1. The zero-order valence-corrected chi connectivity index (χ0v) is 12.2. The second kappa shape index (κ2) is 5.67. The minimum absolute atomic E-state index is 0.145. The number of benzene rings is 1. The highest BCUT2D eigenvalue weighted by Gasteiger charge is 2.32. The minimum atomic E-state index is -0.589. The molecule has 0 saturated carbocycles. The number of halogens is 2. The third-order valence-corrected chi connectivity index (χ3v) is 3.12. The van der Waals surface area contributed by atoms with Crippen molar-refractivity contribution >= 4 is 29.1 Å². The third-order valence-electron chi connectivity index (χ3n) is 2.68. The molecule has 1 aromatic rings. The van der Waals surface area contributed by atoms with Crippen LogP contribution in [-0.4, -0.2) is 30.9 Å². The van der Waals surface area contributed by atoms with Crippen LogP contribution in [0.2, 0.25) is 10.0 Å². The molecule has 1 saturated heterocycles. The van der Waals surface area contributed by atoms with Crippen LogP contribution in [0.1, 0.15) is 24.2 Å². The Bertz CT molecular complexity index is 471. The lowest BCUT2D eigenvalue weighted by Gasteiger charge is -2.17. The van der Waals surface area contributed by atoms with Gasteiger partial charge in [-0.05, 0) is 32.0 Å². The molecular weight excluding hydrogens is 289 g/mol. The highest BCUT2D eigenvalue weighted by molar-refractivity contribution is 6.35. The molecule has 104 valence electrons. The van der Waals surface area contributed by atoms with Crippen LogP contribution in [-0.2, 0) is 9.47 Å². The molecule has 1 atom stereocenters. The van der Waals surface area contributed by atoms with E-state index in [1.807, 2.05) is 13.8 Å². The molecule has 1 aliphatic heterocycles. The fraction of sp³-hybridized carbons (Fsp3) is 0.462.